The van der Waals surface area contributed by atoms with E-state index >= 15 is 0 Å². The van der Waals surface area contributed by atoms with Gasteiger partial charge in [-0.05, 0) is 44.9 Å². The second kappa shape index (κ2) is 9.92. The van der Waals surface area contributed by atoms with E-state index < -0.39 is 0 Å². The Bertz CT molecular complexity index is 694. The van der Waals surface area contributed by atoms with Crippen LogP contribution in [0.1, 0.15) is 92.4 Å². The van der Waals surface area contributed by atoms with Crippen LogP contribution in [-0.2, 0) is 19.4 Å². The molecule has 1 aromatic rings. The maximum Gasteiger partial charge on any atom is 0.274 e. The lowest BCUT2D eigenvalue weighted by atomic mass is 9.90. The molecule has 5 heteroatoms. The van der Waals surface area contributed by atoms with E-state index in [1.807, 2.05) is 10.8 Å². The van der Waals surface area contributed by atoms with Gasteiger partial charge in [0.2, 0.25) is 0 Å². The van der Waals surface area contributed by atoms with E-state index in [4.69, 9.17) is 5.10 Å². The molecular weight excluding hydrogens is 360 g/mol. The number of carbonyl (C=O) groups excluding carboxylic acids is 1. The molecule has 1 saturated heterocycles. The normalized spacial score (nSPS) is 23.9. The van der Waals surface area contributed by atoms with E-state index in [1.54, 1.807) is 0 Å². The van der Waals surface area contributed by atoms with Crippen molar-refractivity contribution in [3.63, 3.8) is 0 Å². The third-order valence-electron chi connectivity index (χ3n) is 7.07. The summed E-state index contributed by atoms with van der Waals surface area (Å²) in [5.74, 6) is 0.154. The van der Waals surface area contributed by atoms with Crippen LogP contribution in [0.3, 0.4) is 0 Å². The highest BCUT2D eigenvalue weighted by molar-refractivity contribution is 5.94. The van der Waals surface area contributed by atoms with E-state index in [0.29, 0.717) is 18.6 Å². The summed E-state index contributed by atoms with van der Waals surface area (Å²) < 4.78 is 2.04. The molecule has 1 aromatic heterocycles. The Balaban J connectivity index is 1.52. The number of allylic oxidation sites excluding steroid dienone is 1. The number of likely N-dealkylation sites (tertiary alicyclic amines) is 1. The Morgan fingerprint density at radius 1 is 1.00 bits per heavy atom. The first-order valence-electron chi connectivity index (χ1n) is 12.0. The smallest absolute Gasteiger partial charge is 0.274 e. The molecule has 2 heterocycles. The number of amides is 1. The van der Waals surface area contributed by atoms with Crippen molar-refractivity contribution >= 4 is 5.91 Å². The van der Waals surface area contributed by atoms with Crippen molar-refractivity contribution in [3.8, 4) is 0 Å². The first kappa shape index (κ1) is 20.6. The van der Waals surface area contributed by atoms with Gasteiger partial charge in [-0.15, -0.1) is 6.58 Å². The zero-order valence-electron chi connectivity index (χ0n) is 18.0. The minimum atomic E-state index is 0.154. The average Bonchev–Trinajstić information content (AvgIpc) is 2.97. The number of aromatic nitrogens is 2. The van der Waals surface area contributed by atoms with Gasteiger partial charge in [-0.2, -0.15) is 5.10 Å². The first-order chi connectivity index (χ1) is 14.3. The van der Waals surface area contributed by atoms with Gasteiger partial charge < -0.3 is 10.2 Å². The van der Waals surface area contributed by atoms with Gasteiger partial charge in [0.25, 0.3) is 5.91 Å². The van der Waals surface area contributed by atoms with Crippen LogP contribution in [-0.4, -0.2) is 45.8 Å². The minimum Gasteiger partial charge on any atom is -0.337 e. The van der Waals surface area contributed by atoms with Gasteiger partial charge in [0.15, 0.2) is 5.69 Å². The average molecular weight is 399 g/mol. The molecule has 2 fully saturated rings. The molecule has 0 bridgehead atoms. The summed E-state index contributed by atoms with van der Waals surface area (Å²) in [6.45, 7) is 6.35. The van der Waals surface area contributed by atoms with Crippen molar-refractivity contribution in [1.82, 2.24) is 20.0 Å². The lowest BCUT2D eigenvalue weighted by Crippen LogP contribution is -2.42. The second-order valence-corrected chi connectivity index (χ2v) is 9.25. The van der Waals surface area contributed by atoms with E-state index in [-0.39, 0.29) is 5.91 Å². The highest BCUT2D eigenvalue weighted by Gasteiger charge is 2.32. The van der Waals surface area contributed by atoms with E-state index in [0.717, 1.165) is 50.9 Å². The van der Waals surface area contributed by atoms with Crippen LogP contribution in [0.5, 0.6) is 0 Å². The zero-order chi connectivity index (χ0) is 20.1. The van der Waals surface area contributed by atoms with Gasteiger partial charge in [-0.1, -0.05) is 44.6 Å². The quantitative estimate of drug-likeness (QED) is 0.596. The van der Waals surface area contributed by atoms with Crippen LogP contribution in [0.4, 0.5) is 0 Å². The number of hydrogen-bond donors (Lipinski definition) is 1. The van der Waals surface area contributed by atoms with E-state index in [9.17, 15) is 4.79 Å². The molecule has 0 spiro atoms. The van der Waals surface area contributed by atoms with Gasteiger partial charge in [0.05, 0.1) is 6.54 Å². The van der Waals surface area contributed by atoms with Gasteiger partial charge in [-0.3, -0.25) is 9.48 Å². The second-order valence-electron chi connectivity index (χ2n) is 9.25. The van der Waals surface area contributed by atoms with Gasteiger partial charge >= 0.3 is 0 Å². The Morgan fingerprint density at radius 2 is 1.69 bits per heavy atom. The third kappa shape index (κ3) is 4.93. The topological polar surface area (TPSA) is 50.2 Å². The van der Waals surface area contributed by atoms with Gasteiger partial charge in [0.1, 0.15) is 0 Å². The summed E-state index contributed by atoms with van der Waals surface area (Å²) in [5, 5.41) is 8.76. The molecule has 160 valence electrons. The molecular formula is C24H38N4O. The van der Waals surface area contributed by atoms with E-state index in [2.05, 4.69) is 16.8 Å². The fourth-order valence-corrected chi connectivity index (χ4v) is 5.48. The number of fused-ring (bicyclic) bond motifs is 1. The Morgan fingerprint density at radius 3 is 2.38 bits per heavy atom. The summed E-state index contributed by atoms with van der Waals surface area (Å²) in [4.78, 5) is 15.4. The van der Waals surface area contributed by atoms with Crippen LogP contribution in [0.25, 0.3) is 0 Å². The van der Waals surface area contributed by atoms with E-state index in [1.165, 1.54) is 62.6 Å². The highest BCUT2D eigenvalue weighted by Crippen LogP contribution is 2.28. The molecule has 0 aromatic carbocycles. The van der Waals surface area contributed by atoms with Crippen molar-refractivity contribution in [2.24, 2.45) is 0 Å². The molecule has 3 aliphatic rings. The predicted molar refractivity (Wildman–Crippen MR) is 117 cm³/mol. The molecule has 29 heavy (non-hydrogen) atoms. The van der Waals surface area contributed by atoms with Crippen LogP contribution in [0.2, 0.25) is 0 Å². The van der Waals surface area contributed by atoms with Crippen LogP contribution >= 0.6 is 0 Å². The Labute approximate surface area is 175 Å². The monoisotopic (exact) mass is 398 g/mol. The minimum absolute atomic E-state index is 0.154. The van der Waals surface area contributed by atoms with Crippen LogP contribution in [0.15, 0.2) is 12.7 Å². The standard InChI is InChI=1S/C24H38N4O/c1-2-15-28-22-14-13-20(25-19-11-7-3-4-8-12-19)18-21(22)23(26-28)24(29)27-16-9-5-6-10-17-27/h2,19-20,25H,1,3-18H2/t20-/m1/s1. The van der Waals surface area contributed by atoms with Crippen LogP contribution < -0.4 is 5.32 Å². The zero-order valence-corrected chi connectivity index (χ0v) is 18.0. The summed E-state index contributed by atoms with van der Waals surface area (Å²) in [5.41, 5.74) is 3.19. The molecule has 0 radical (unpaired) electrons. The summed E-state index contributed by atoms with van der Waals surface area (Å²) in [6.07, 6.45) is 17.8. The fraction of sp³-hybridized carbons (Fsp3) is 0.750. The third-order valence-corrected chi connectivity index (χ3v) is 7.07. The number of nitrogens with zero attached hydrogens (tertiary/aromatic N) is 3. The fourth-order valence-electron chi connectivity index (χ4n) is 5.48. The lowest BCUT2D eigenvalue weighted by Gasteiger charge is -2.29. The summed E-state index contributed by atoms with van der Waals surface area (Å²) >= 11 is 0. The SMILES string of the molecule is C=CCn1nc(C(=O)N2CCCCCC2)c2c1CC[C@@H](NC1CCCCCC1)C2. The van der Waals surface area contributed by atoms with Crippen molar-refractivity contribution < 1.29 is 4.79 Å². The van der Waals surface area contributed by atoms with Gasteiger partial charge in [-0.25, -0.2) is 0 Å². The Kier molecular flexibility index (Phi) is 7.06. The molecule has 1 atom stereocenters. The number of nitrogens with one attached hydrogen (secondary N) is 1. The molecule has 1 amide bonds. The molecule has 5 nitrogen and oxygen atoms in total. The lowest BCUT2D eigenvalue weighted by molar-refractivity contribution is 0.0753. The summed E-state index contributed by atoms with van der Waals surface area (Å²) in [6, 6.07) is 1.12. The van der Waals surface area contributed by atoms with Gasteiger partial charge in [0, 0.05) is 36.4 Å². The molecule has 1 aliphatic heterocycles. The molecule has 1 saturated carbocycles. The summed E-state index contributed by atoms with van der Waals surface area (Å²) in [7, 11) is 0. The molecule has 0 unspecified atom stereocenters. The Hall–Kier alpha value is -1.62. The number of carbonyl (C=O) groups is 1. The van der Waals surface area contributed by atoms with Crippen molar-refractivity contribution in [2.75, 3.05) is 13.1 Å². The van der Waals surface area contributed by atoms with Crippen molar-refractivity contribution in [2.45, 2.75) is 102 Å². The maximum atomic E-state index is 13.4. The molecule has 4 rings (SSSR count). The number of rotatable bonds is 5. The maximum absolute atomic E-state index is 13.4. The largest absolute Gasteiger partial charge is 0.337 e. The highest BCUT2D eigenvalue weighted by atomic mass is 16.2. The van der Waals surface area contributed by atoms with Crippen molar-refractivity contribution in [1.29, 1.82) is 0 Å². The molecule has 1 N–H and O–H groups in total. The predicted octanol–water partition coefficient (Wildman–Crippen LogP) is 4.26. The van der Waals surface area contributed by atoms with Crippen LogP contribution in [0, 0.1) is 0 Å². The number of hydrogen-bond acceptors (Lipinski definition) is 3. The first-order valence-corrected chi connectivity index (χ1v) is 12.0. The van der Waals surface area contributed by atoms with Crippen molar-refractivity contribution in [3.05, 3.63) is 29.6 Å². The molecule has 2 aliphatic carbocycles.